The standard InChI is InChI=1S/C16H31NO2/c1-3-13-5-4-6-15(11-13)19-10-9-16(2,12-18)17-14-7-8-14/h13-15,17-18H,3-12H2,1-2H3. The molecule has 3 heteroatoms. The van der Waals surface area contributed by atoms with Gasteiger partial charge in [0.05, 0.1) is 12.7 Å². The Morgan fingerprint density at radius 1 is 1.26 bits per heavy atom. The average molecular weight is 269 g/mol. The van der Waals surface area contributed by atoms with Gasteiger partial charge in [-0.25, -0.2) is 0 Å². The molecule has 0 aliphatic heterocycles. The van der Waals surface area contributed by atoms with E-state index in [0.29, 0.717) is 12.1 Å². The molecular weight excluding hydrogens is 238 g/mol. The van der Waals surface area contributed by atoms with Crippen LogP contribution in [0.1, 0.15) is 65.2 Å². The highest BCUT2D eigenvalue weighted by molar-refractivity contribution is 4.92. The van der Waals surface area contributed by atoms with Crippen molar-refractivity contribution in [2.75, 3.05) is 13.2 Å². The first-order chi connectivity index (χ1) is 9.15. The SMILES string of the molecule is CCC1CCCC(OCCC(C)(CO)NC2CC2)C1. The van der Waals surface area contributed by atoms with Gasteiger partial charge in [-0.05, 0) is 44.9 Å². The second-order valence-corrected chi connectivity index (χ2v) is 6.82. The van der Waals surface area contributed by atoms with Crippen molar-refractivity contribution in [1.82, 2.24) is 5.32 Å². The fraction of sp³-hybridized carbons (Fsp3) is 1.00. The number of hydrogen-bond donors (Lipinski definition) is 2. The number of aliphatic hydroxyl groups excluding tert-OH is 1. The summed E-state index contributed by atoms with van der Waals surface area (Å²) in [6, 6.07) is 0.635. The summed E-state index contributed by atoms with van der Waals surface area (Å²) < 4.78 is 6.06. The molecule has 2 aliphatic rings. The lowest BCUT2D eigenvalue weighted by molar-refractivity contribution is -0.00188. The molecular formula is C16H31NO2. The normalized spacial score (nSPS) is 31.1. The number of hydrogen-bond acceptors (Lipinski definition) is 3. The van der Waals surface area contributed by atoms with Crippen molar-refractivity contribution in [3.05, 3.63) is 0 Å². The van der Waals surface area contributed by atoms with Gasteiger partial charge >= 0.3 is 0 Å². The summed E-state index contributed by atoms with van der Waals surface area (Å²) in [5.41, 5.74) is -0.153. The summed E-state index contributed by atoms with van der Waals surface area (Å²) in [7, 11) is 0. The second kappa shape index (κ2) is 7.05. The van der Waals surface area contributed by atoms with Crippen LogP contribution in [0.4, 0.5) is 0 Å². The van der Waals surface area contributed by atoms with Crippen LogP contribution in [0.5, 0.6) is 0 Å². The summed E-state index contributed by atoms with van der Waals surface area (Å²) >= 11 is 0. The Labute approximate surface area is 118 Å². The second-order valence-electron chi connectivity index (χ2n) is 6.82. The van der Waals surface area contributed by atoms with Gasteiger partial charge in [-0.2, -0.15) is 0 Å². The van der Waals surface area contributed by atoms with Crippen molar-refractivity contribution in [2.45, 2.75) is 82.9 Å². The first-order valence-corrected chi connectivity index (χ1v) is 8.15. The smallest absolute Gasteiger partial charge is 0.0611 e. The summed E-state index contributed by atoms with van der Waals surface area (Å²) in [5, 5.41) is 13.1. The van der Waals surface area contributed by atoms with Gasteiger partial charge in [-0.1, -0.05) is 26.2 Å². The zero-order chi connectivity index (χ0) is 13.7. The molecule has 2 saturated carbocycles. The highest BCUT2D eigenvalue weighted by Crippen LogP contribution is 2.29. The topological polar surface area (TPSA) is 41.5 Å². The van der Waals surface area contributed by atoms with Crippen LogP contribution < -0.4 is 5.32 Å². The molecule has 112 valence electrons. The van der Waals surface area contributed by atoms with Crippen LogP contribution in [-0.2, 0) is 4.74 Å². The van der Waals surface area contributed by atoms with E-state index in [1.165, 1.54) is 44.9 Å². The van der Waals surface area contributed by atoms with Crippen LogP contribution in [0.15, 0.2) is 0 Å². The molecule has 2 N–H and O–H groups in total. The lowest BCUT2D eigenvalue weighted by atomic mass is 9.85. The van der Waals surface area contributed by atoms with Crippen molar-refractivity contribution < 1.29 is 9.84 Å². The third-order valence-electron chi connectivity index (χ3n) is 4.80. The highest BCUT2D eigenvalue weighted by atomic mass is 16.5. The fourth-order valence-corrected chi connectivity index (χ4v) is 3.13. The maximum Gasteiger partial charge on any atom is 0.0611 e. The van der Waals surface area contributed by atoms with Crippen LogP contribution in [0, 0.1) is 5.92 Å². The van der Waals surface area contributed by atoms with E-state index in [2.05, 4.69) is 19.2 Å². The molecule has 0 aromatic heterocycles. The zero-order valence-electron chi connectivity index (χ0n) is 12.7. The molecule has 19 heavy (non-hydrogen) atoms. The molecule has 3 nitrogen and oxygen atoms in total. The van der Waals surface area contributed by atoms with Crippen molar-refractivity contribution in [1.29, 1.82) is 0 Å². The number of rotatable bonds is 8. The number of nitrogens with one attached hydrogen (secondary N) is 1. The van der Waals surface area contributed by atoms with Gasteiger partial charge < -0.3 is 15.2 Å². The van der Waals surface area contributed by atoms with Gasteiger partial charge in [0.2, 0.25) is 0 Å². The maximum absolute atomic E-state index is 9.56. The largest absolute Gasteiger partial charge is 0.394 e. The Bertz CT molecular complexity index is 267. The third-order valence-corrected chi connectivity index (χ3v) is 4.80. The molecule has 0 radical (unpaired) electrons. The molecule has 2 aliphatic carbocycles. The molecule has 0 amide bonds. The maximum atomic E-state index is 9.56. The molecule has 0 bridgehead atoms. The monoisotopic (exact) mass is 269 g/mol. The minimum atomic E-state index is -0.153. The van der Waals surface area contributed by atoms with Gasteiger partial charge in [0.25, 0.3) is 0 Å². The Morgan fingerprint density at radius 2 is 2.05 bits per heavy atom. The average Bonchev–Trinajstić information content (AvgIpc) is 3.23. The molecule has 0 saturated heterocycles. The minimum Gasteiger partial charge on any atom is -0.394 e. The Hall–Kier alpha value is -0.120. The van der Waals surface area contributed by atoms with Crippen LogP contribution in [-0.4, -0.2) is 36.0 Å². The van der Waals surface area contributed by atoms with Crippen molar-refractivity contribution in [3.8, 4) is 0 Å². The molecule has 2 fully saturated rings. The fourth-order valence-electron chi connectivity index (χ4n) is 3.13. The molecule has 2 rings (SSSR count). The van der Waals surface area contributed by atoms with Crippen molar-refractivity contribution in [3.63, 3.8) is 0 Å². The third kappa shape index (κ3) is 5.05. The first kappa shape index (κ1) is 15.3. The van der Waals surface area contributed by atoms with E-state index in [9.17, 15) is 5.11 Å². The molecule has 3 unspecified atom stereocenters. The Morgan fingerprint density at radius 3 is 2.68 bits per heavy atom. The zero-order valence-corrected chi connectivity index (χ0v) is 12.7. The quantitative estimate of drug-likeness (QED) is 0.712. The highest BCUT2D eigenvalue weighted by Gasteiger charge is 2.32. The molecule has 0 heterocycles. The van der Waals surface area contributed by atoms with E-state index < -0.39 is 0 Å². The van der Waals surface area contributed by atoms with Crippen LogP contribution in [0.2, 0.25) is 0 Å². The summed E-state index contributed by atoms with van der Waals surface area (Å²) in [6.07, 6.45) is 10.3. The first-order valence-electron chi connectivity index (χ1n) is 8.15. The number of aliphatic hydroxyl groups is 1. The molecule has 0 aromatic carbocycles. The summed E-state index contributed by atoms with van der Waals surface area (Å²) in [6.45, 7) is 5.38. The van der Waals surface area contributed by atoms with E-state index in [4.69, 9.17) is 4.74 Å². The van der Waals surface area contributed by atoms with Crippen LogP contribution in [0.25, 0.3) is 0 Å². The minimum absolute atomic E-state index is 0.153. The van der Waals surface area contributed by atoms with E-state index in [1.54, 1.807) is 0 Å². The lowest BCUT2D eigenvalue weighted by Gasteiger charge is -2.32. The van der Waals surface area contributed by atoms with E-state index in [1.807, 2.05) is 0 Å². The van der Waals surface area contributed by atoms with E-state index >= 15 is 0 Å². The van der Waals surface area contributed by atoms with Crippen LogP contribution in [0.3, 0.4) is 0 Å². The summed E-state index contributed by atoms with van der Waals surface area (Å²) in [5.74, 6) is 0.868. The Kier molecular flexibility index (Phi) is 5.67. The Balaban J connectivity index is 1.66. The van der Waals surface area contributed by atoms with E-state index in [-0.39, 0.29) is 12.1 Å². The van der Waals surface area contributed by atoms with Crippen LogP contribution >= 0.6 is 0 Å². The molecule has 3 atom stereocenters. The van der Waals surface area contributed by atoms with E-state index in [0.717, 1.165) is 18.9 Å². The van der Waals surface area contributed by atoms with Crippen molar-refractivity contribution >= 4 is 0 Å². The number of ether oxygens (including phenoxy) is 1. The lowest BCUT2D eigenvalue weighted by Crippen LogP contribution is -2.48. The van der Waals surface area contributed by atoms with Gasteiger partial charge in [-0.3, -0.25) is 0 Å². The molecule has 0 aromatic rings. The summed E-state index contributed by atoms with van der Waals surface area (Å²) in [4.78, 5) is 0. The van der Waals surface area contributed by atoms with Gasteiger partial charge in [0, 0.05) is 18.2 Å². The van der Waals surface area contributed by atoms with Gasteiger partial charge in [0.1, 0.15) is 0 Å². The van der Waals surface area contributed by atoms with Crippen molar-refractivity contribution in [2.24, 2.45) is 5.92 Å². The molecule has 0 spiro atoms. The van der Waals surface area contributed by atoms with Gasteiger partial charge in [0.15, 0.2) is 0 Å². The predicted octanol–water partition coefficient (Wildman–Crippen LogP) is 2.86. The van der Waals surface area contributed by atoms with Gasteiger partial charge in [-0.15, -0.1) is 0 Å². The predicted molar refractivity (Wildman–Crippen MR) is 78.3 cm³/mol.